The van der Waals surface area contributed by atoms with E-state index in [1.807, 2.05) is 17.5 Å². The minimum atomic E-state index is -2.63. The van der Waals surface area contributed by atoms with Crippen molar-refractivity contribution in [3.8, 4) is 0 Å². The van der Waals surface area contributed by atoms with E-state index in [-0.39, 0.29) is 51.7 Å². The fourth-order valence-electron chi connectivity index (χ4n) is 5.30. The minimum Gasteiger partial charge on any atom is -0.479 e. The number of carbonyl (C=O) groups excluding carboxylic acids is 7. The molecule has 7 unspecified atom stereocenters. The van der Waals surface area contributed by atoms with Crippen LogP contribution in [-0.4, -0.2) is 165 Å². The molecule has 0 aromatic rings. The van der Waals surface area contributed by atoms with Crippen LogP contribution < -0.4 is 43.4 Å². The number of hydrogen-bond acceptors (Lipinski definition) is 15. The van der Waals surface area contributed by atoms with Crippen LogP contribution in [0.4, 0.5) is 0 Å². The summed E-state index contributed by atoms with van der Waals surface area (Å²) < 4.78 is 0. The second-order valence-electron chi connectivity index (χ2n) is 13.6. The third-order valence-corrected chi connectivity index (χ3v) is 8.70. The van der Waals surface area contributed by atoms with Crippen LogP contribution >= 0.6 is 0 Å². The molecule has 0 aliphatic carbocycles. The summed E-state index contributed by atoms with van der Waals surface area (Å²) in [5, 5.41) is 73.4. The Kier molecular flexibility index (Phi) is 29.5. The molecule has 0 saturated carbocycles. The van der Waals surface area contributed by atoms with Gasteiger partial charge in [-0.3, -0.25) is 38.8 Å². The molecule has 0 aliphatic rings. The lowest BCUT2D eigenvalue weighted by Crippen LogP contribution is -2.62. The summed E-state index contributed by atoms with van der Waals surface area (Å²) in [6.45, 7) is 0.362. The van der Waals surface area contributed by atoms with Crippen molar-refractivity contribution in [1.29, 1.82) is 0 Å². The lowest BCUT2D eigenvalue weighted by atomic mass is 10.1. The molecule has 0 rings (SSSR count). The second kappa shape index (κ2) is 32.1. The van der Waals surface area contributed by atoms with Crippen molar-refractivity contribution in [2.75, 3.05) is 39.4 Å². The molecule has 16 N–H and O–H groups in total. The summed E-state index contributed by atoms with van der Waals surface area (Å²) in [6, 6.07) is -8.29. The molecule has 0 radical (unpaired) electrons. The molecule has 0 heterocycles. The van der Waals surface area contributed by atoms with Gasteiger partial charge < -0.3 is 68.9 Å². The summed E-state index contributed by atoms with van der Waals surface area (Å²) in [5.41, 5.74) is 11.1. The Labute approximate surface area is 343 Å². The molecule has 0 spiro atoms. The predicted octanol–water partition coefficient (Wildman–Crippen LogP) is -4.66. The van der Waals surface area contributed by atoms with E-state index in [4.69, 9.17) is 11.5 Å². The molecule has 0 fully saturated rings. The highest BCUT2D eigenvalue weighted by atomic mass is 16.5. The lowest BCUT2D eigenvalue weighted by molar-refractivity contribution is -0.152. The number of nitrogens with one attached hydrogen (secondary N) is 6. The normalized spacial score (nSPS) is 14.7. The molecule has 0 bridgehead atoms. The summed E-state index contributed by atoms with van der Waals surface area (Å²) in [6.07, 6.45) is 4.10. The van der Waals surface area contributed by atoms with Gasteiger partial charge in [-0.05, 0) is 64.5 Å². The number of hydrogen-bond donors (Lipinski definition) is 14. The Morgan fingerprint density at radius 1 is 0.695 bits per heavy atom. The van der Waals surface area contributed by atoms with Gasteiger partial charge in [0.1, 0.15) is 24.2 Å². The van der Waals surface area contributed by atoms with Crippen LogP contribution in [0.5, 0.6) is 0 Å². The number of carboxylic acid groups (broad SMARTS) is 1. The lowest BCUT2D eigenvalue weighted by Gasteiger charge is -2.27. The molecule has 23 heteroatoms. The third kappa shape index (κ3) is 23.4. The second-order valence-corrected chi connectivity index (χ2v) is 13.6. The highest BCUT2D eigenvalue weighted by molar-refractivity contribution is 5.98. The molecule has 7 atom stereocenters. The van der Waals surface area contributed by atoms with E-state index in [1.54, 1.807) is 0 Å². The number of carbonyl (C=O) groups is 8. The number of nitrogens with two attached hydrogens (primary N) is 2. The van der Waals surface area contributed by atoms with Gasteiger partial charge in [-0.1, -0.05) is 31.9 Å². The maximum absolute atomic E-state index is 13.4. The quantitative estimate of drug-likeness (QED) is 0.00952. The van der Waals surface area contributed by atoms with Crippen molar-refractivity contribution in [1.82, 2.24) is 37.0 Å². The Bertz CT molecular complexity index is 1340. The van der Waals surface area contributed by atoms with Gasteiger partial charge in [0, 0.05) is 19.5 Å². The Balaban J connectivity index is 5.73. The average Bonchev–Trinajstić information content (AvgIpc) is 3.20. The van der Waals surface area contributed by atoms with Gasteiger partial charge in [0.25, 0.3) is 0 Å². The number of aliphatic carboxylic acids is 1. The fourth-order valence-corrected chi connectivity index (χ4v) is 5.30. The first-order chi connectivity index (χ1) is 28.1. The largest absolute Gasteiger partial charge is 0.479 e. The monoisotopic (exact) mass is 847 g/mol. The van der Waals surface area contributed by atoms with Crippen LogP contribution in [0, 0.1) is 0 Å². The van der Waals surface area contributed by atoms with Crippen molar-refractivity contribution in [2.45, 2.75) is 126 Å². The first-order valence-corrected chi connectivity index (χ1v) is 19.6. The topological polar surface area (TPSA) is 385 Å². The highest BCUT2D eigenvalue weighted by Gasteiger charge is 2.38. The van der Waals surface area contributed by atoms with E-state index >= 15 is 0 Å². The van der Waals surface area contributed by atoms with Gasteiger partial charge in [-0.15, -0.1) is 0 Å². The van der Waals surface area contributed by atoms with Crippen LogP contribution in [0.2, 0.25) is 0 Å². The summed E-state index contributed by atoms with van der Waals surface area (Å²) in [7, 11) is 0. The van der Waals surface area contributed by atoms with E-state index in [0.29, 0.717) is 37.3 Å². The molecule has 338 valence electrons. The summed E-state index contributed by atoms with van der Waals surface area (Å²) >= 11 is 0. The molecule has 7 amide bonds. The van der Waals surface area contributed by atoms with E-state index in [9.17, 15) is 69.1 Å². The van der Waals surface area contributed by atoms with Crippen LogP contribution in [0.3, 0.4) is 0 Å². The number of aliphatic hydroxyl groups is 4. The zero-order chi connectivity index (χ0) is 44.8. The summed E-state index contributed by atoms with van der Waals surface area (Å²) in [4.78, 5) is 100. The van der Waals surface area contributed by atoms with Crippen LogP contribution in [0.25, 0.3) is 0 Å². The average molecular weight is 848 g/mol. The van der Waals surface area contributed by atoms with Gasteiger partial charge >= 0.3 is 5.97 Å². The number of rotatable bonds is 34. The molecule has 0 aromatic heterocycles. The number of aliphatic hydroxyl groups excluding tert-OH is 4. The first-order valence-electron chi connectivity index (χ1n) is 19.6. The van der Waals surface area contributed by atoms with E-state index in [2.05, 4.69) is 33.5 Å². The number of carboxylic acids is 1. The number of nitrogens with zero attached hydrogens (tertiary/aromatic N) is 1. The zero-order valence-corrected chi connectivity index (χ0v) is 33.6. The van der Waals surface area contributed by atoms with Crippen molar-refractivity contribution >= 4 is 47.8 Å². The number of amides is 7. The third-order valence-electron chi connectivity index (χ3n) is 8.70. The van der Waals surface area contributed by atoms with Gasteiger partial charge in [0.05, 0.1) is 31.8 Å². The van der Waals surface area contributed by atoms with Crippen LogP contribution in [0.15, 0.2) is 12.2 Å². The standard InChI is InChI=1S/C36H65N9O14/c1-2-3-4-5-6-7-8-13-28(50)40-25(20-46)27(49)19-29(51)41-26(21-47)34(55)44-30(31(52)36(57)58)35(56)43-24(14-16-38)33(54)42-23(12-11-18-45(59)22-48)32(53)39-17-10-9-15-37/h5-6,22-27,30-31,46-47,49,52,59H,2-4,7-21,37-38H2,1H3,(H,39,53)(H,40,50)(H,41,51)(H,42,54)(H,43,56)(H,44,55)(H,57,58). The number of allylic oxidation sites excluding steroid dienone is 2. The molecule has 0 aliphatic heterocycles. The summed E-state index contributed by atoms with van der Waals surface area (Å²) in [5.74, 6) is -7.96. The van der Waals surface area contributed by atoms with Gasteiger partial charge in [0.15, 0.2) is 6.10 Å². The highest BCUT2D eigenvalue weighted by Crippen LogP contribution is 2.07. The van der Waals surface area contributed by atoms with Gasteiger partial charge in [-0.25, -0.2) is 9.86 Å². The SMILES string of the molecule is CCCCC=CCCCC(=O)NC(CO)C(O)CC(=O)NC(CO)C(=O)NC(C(=O)NC(CCN)C(=O)NC(CCCN(O)C=O)C(=O)NCCCCN)C(O)C(=O)O. The Morgan fingerprint density at radius 3 is 1.90 bits per heavy atom. The maximum Gasteiger partial charge on any atom is 0.335 e. The van der Waals surface area contributed by atoms with Gasteiger partial charge in [0.2, 0.25) is 41.9 Å². The molecule has 0 saturated heterocycles. The molecular weight excluding hydrogens is 782 g/mol. The smallest absolute Gasteiger partial charge is 0.335 e. The van der Waals surface area contributed by atoms with Crippen molar-refractivity contribution in [3.05, 3.63) is 12.2 Å². The van der Waals surface area contributed by atoms with Crippen molar-refractivity contribution < 1.29 is 69.1 Å². The van der Waals surface area contributed by atoms with Crippen LogP contribution in [-0.2, 0) is 38.4 Å². The van der Waals surface area contributed by atoms with Gasteiger partial charge in [-0.2, -0.15) is 0 Å². The minimum absolute atomic E-state index is 0.0425. The van der Waals surface area contributed by atoms with Crippen molar-refractivity contribution in [3.63, 3.8) is 0 Å². The van der Waals surface area contributed by atoms with E-state index in [0.717, 1.165) is 19.3 Å². The molecule has 23 nitrogen and oxygen atoms in total. The van der Waals surface area contributed by atoms with Crippen molar-refractivity contribution in [2.24, 2.45) is 11.5 Å². The van der Waals surface area contributed by atoms with E-state index < -0.39 is 103 Å². The number of unbranched alkanes of at least 4 members (excludes halogenated alkanes) is 4. The Morgan fingerprint density at radius 2 is 1.32 bits per heavy atom. The first kappa shape index (κ1) is 54.2. The zero-order valence-electron chi connectivity index (χ0n) is 33.6. The molecule has 0 aromatic carbocycles. The number of hydroxylamine groups is 2. The maximum atomic E-state index is 13.4. The van der Waals surface area contributed by atoms with Crippen LogP contribution in [0.1, 0.15) is 84.0 Å². The molecular formula is C36H65N9O14. The Hall–Kier alpha value is -4.78. The molecule has 59 heavy (non-hydrogen) atoms. The van der Waals surface area contributed by atoms with E-state index in [1.165, 1.54) is 0 Å². The predicted molar refractivity (Wildman–Crippen MR) is 209 cm³/mol. The fraction of sp³-hybridized carbons (Fsp3) is 0.722.